The Balaban J connectivity index is 3.61. The van der Waals surface area contributed by atoms with Gasteiger partial charge in [0, 0.05) is 13.0 Å². The van der Waals surface area contributed by atoms with Crippen LogP contribution in [0, 0.1) is 0 Å². The molecule has 0 aromatic rings. The summed E-state index contributed by atoms with van der Waals surface area (Å²) in [7, 11) is 0. The van der Waals surface area contributed by atoms with E-state index in [1.165, 1.54) is 51.4 Å². The molecule has 4 heteroatoms. The molecule has 0 aromatic heterocycles. The molecule has 4 nitrogen and oxygen atoms in total. The maximum absolute atomic E-state index is 12.2. The van der Waals surface area contributed by atoms with Gasteiger partial charge in [0.25, 0.3) is 0 Å². The summed E-state index contributed by atoms with van der Waals surface area (Å²) in [4.78, 5) is 12.2. The van der Waals surface area contributed by atoms with Gasteiger partial charge in [-0.25, -0.2) is 0 Å². The lowest BCUT2D eigenvalue weighted by Gasteiger charge is -2.15. The van der Waals surface area contributed by atoms with Crippen LogP contribution in [-0.4, -0.2) is 37.0 Å². The monoisotopic (exact) mass is 731 g/mol. The molecule has 0 fully saturated rings. The zero-order valence-corrected chi connectivity index (χ0v) is 34.0. The molecule has 0 aliphatic carbocycles. The van der Waals surface area contributed by atoms with Gasteiger partial charge < -0.3 is 14.6 Å². The average molecular weight is 731 g/mol. The highest BCUT2D eigenvalue weighted by Gasteiger charge is 2.13. The average Bonchev–Trinajstić information content (AvgIpc) is 3.16. The van der Waals surface area contributed by atoms with Crippen LogP contribution in [0.1, 0.15) is 155 Å². The van der Waals surface area contributed by atoms with E-state index in [-0.39, 0.29) is 19.2 Å². The second-order valence-corrected chi connectivity index (χ2v) is 13.3. The van der Waals surface area contributed by atoms with Crippen LogP contribution >= 0.6 is 0 Å². The van der Waals surface area contributed by atoms with E-state index >= 15 is 0 Å². The third kappa shape index (κ3) is 43.1. The van der Waals surface area contributed by atoms with Gasteiger partial charge in [0.05, 0.1) is 13.2 Å². The van der Waals surface area contributed by atoms with Gasteiger partial charge in [0.1, 0.15) is 6.10 Å². The predicted molar refractivity (Wildman–Crippen MR) is 232 cm³/mol. The van der Waals surface area contributed by atoms with Crippen molar-refractivity contribution in [1.29, 1.82) is 0 Å². The minimum atomic E-state index is -0.587. The van der Waals surface area contributed by atoms with E-state index < -0.39 is 6.10 Å². The number of esters is 1. The number of rotatable bonds is 37. The van der Waals surface area contributed by atoms with Crippen molar-refractivity contribution in [3.8, 4) is 0 Å². The molecule has 1 atom stereocenters. The van der Waals surface area contributed by atoms with E-state index in [0.717, 1.165) is 77.0 Å². The standard InChI is InChI=1S/C49H78O4/c1-3-5-7-9-11-13-15-17-19-21-23-24-25-27-29-31-33-35-37-39-41-43-45-52-47-48(46-50)53-49(51)44-42-40-38-36-34-32-30-28-26-22-20-18-16-14-12-10-8-6-4-2/h5-8,11-14,17-20,23-24,26,28,32,34,38,40,48,50H,3-4,9-10,15-16,21-22,25,27,29-31,33,35-37,39,41-47H2,1-2H3/b7-5-,8-6-,13-11-,14-12-,19-17-,20-18-,24-23-,28-26-,34-32-,40-38-. The van der Waals surface area contributed by atoms with Crippen LogP contribution in [0.25, 0.3) is 0 Å². The summed E-state index contributed by atoms with van der Waals surface area (Å²) in [5.41, 5.74) is 0. The number of hydrogen-bond acceptors (Lipinski definition) is 4. The zero-order valence-electron chi connectivity index (χ0n) is 34.0. The van der Waals surface area contributed by atoms with E-state index in [9.17, 15) is 9.90 Å². The van der Waals surface area contributed by atoms with E-state index in [0.29, 0.717) is 19.4 Å². The molecule has 298 valence electrons. The van der Waals surface area contributed by atoms with Crippen molar-refractivity contribution in [3.05, 3.63) is 122 Å². The quantitative estimate of drug-likeness (QED) is 0.0393. The van der Waals surface area contributed by atoms with Gasteiger partial charge in [-0.2, -0.15) is 0 Å². The summed E-state index contributed by atoms with van der Waals surface area (Å²) in [5.74, 6) is -0.290. The van der Waals surface area contributed by atoms with Crippen LogP contribution in [0.5, 0.6) is 0 Å². The normalized spacial score (nSPS) is 13.6. The van der Waals surface area contributed by atoms with Crippen LogP contribution in [0.2, 0.25) is 0 Å². The third-order valence-corrected chi connectivity index (χ3v) is 8.30. The number of aliphatic hydroxyl groups excluding tert-OH is 1. The van der Waals surface area contributed by atoms with Crippen molar-refractivity contribution in [2.24, 2.45) is 0 Å². The van der Waals surface area contributed by atoms with Gasteiger partial charge in [-0.3, -0.25) is 4.79 Å². The lowest BCUT2D eigenvalue weighted by Crippen LogP contribution is -2.27. The fraction of sp³-hybridized carbons (Fsp3) is 0.571. The van der Waals surface area contributed by atoms with Crippen molar-refractivity contribution in [2.75, 3.05) is 19.8 Å². The van der Waals surface area contributed by atoms with Crippen LogP contribution in [0.15, 0.2) is 122 Å². The molecule has 53 heavy (non-hydrogen) atoms. The zero-order chi connectivity index (χ0) is 38.4. The Labute approximate surface area is 327 Å². The van der Waals surface area contributed by atoms with Crippen molar-refractivity contribution >= 4 is 5.97 Å². The summed E-state index contributed by atoms with van der Waals surface area (Å²) in [6, 6.07) is 0. The summed E-state index contributed by atoms with van der Waals surface area (Å²) < 4.78 is 11.1. The van der Waals surface area contributed by atoms with Gasteiger partial charge in [-0.05, 0) is 89.9 Å². The Bertz CT molecular complexity index is 1080. The maximum Gasteiger partial charge on any atom is 0.306 e. The predicted octanol–water partition coefficient (Wildman–Crippen LogP) is 14.1. The van der Waals surface area contributed by atoms with Crippen molar-refractivity contribution in [3.63, 3.8) is 0 Å². The molecule has 0 rings (SSSR count). The van der Waals surface area contributed by atoms with Gasteiger partial charge in [0.15, 0.2) is 0 Å². The van der Waals surface area contributed by atoms with Gasteiger partial charge in [-0.15, -0.1) is 0 Å². The second-order valence-electron chi connectivity index (χ2n) is 13.3. The topological polar surface area (TPSA) is 55.8 Å². The molecular formula is C49H78O4. The first-order valence-electron chi connectivity index (χ1n) is 21.1. The van der Waals surface area contributed by atoms with E-state index in [4.69, 9.17) is 9.47 Å². The van der Waals surface area contributed by atoms with Crippen molar-refractivity contribution < 1.29 is 19.4 Å². The molecular weight excluding hydrogens is 653 g/mol. The molecule has 1 N–H and O–H groups in total. The van der Waals surface area contributed by atoms with Crippen LogP contribution in [0.3, 0.4) is 0 Å². The molecule has 0 aliphatic rings. The van der Waals surface area contributed by atoms with Crippen LogP contribution in [-0.2, 0) is 14.3 Å². The lowest BCUT2D eigenvalue weighted by atomic mass is 10.1. The summed E-state index contributed by atoms with van der Waals surface area (Å²) in [6.07, 6.45) is 66.9. The highest BCUT2D eigenvalue weighted by atomic mass is 16.6. The number of ether oxygens (including phenoxy) is 2. The Morgan fingerprint density at radius 3 is 1.19 bits per heavy atom. The Kier molecular flexibility index (Phi) is 42.2. The summed E-state index contributed by atoms with van der Waals surface area (Å²) in [6.45, 7) is 5.00. The van der Waals surface area contributed by atoms with Crippen molar-refractivity contribution in [2.45, 2.75) is 161 Å². The number of carbonyl (C=O) groups is 1. The Hall–Kier alpha value is -3.21. The molecule has 0 amide bonds. The molecule has 0 saturated heterocycles. The molecule has 0 aliphatic heterocycles. The molecule has 0 aromatic carbocycles. The maximum atomic E-state index is 12.2. The molecule has 1 unspecified atom stereocenters. The first kappa shape index (κ1) is 49.8. The fourth-order valence-corrected chi connectivity index (χ4v) is 5.23. The fourth-order valence-electron chi connectivity index (χ4n) is 5.23. The second kappa shape index (κ2) is 44.9. The highest BCUT2D eigenvalue weighted by Crippen LogP contribution is 2.11. The van der Waals surface area contributed by atoms with Gasteiger partial charge >= 0.3 is 5.97 Å². The first-order chi connectivity index (χ1) is 26.2. The van der Waals surface area contributed by atoms with E-state index in [2.05, 4.69) is 129 Å². The Morgan fingerprint density at radius 1 is 0.453 bits per heavy atom. The van der Waals surface area contributed by atoms with E-state index in [1.807, 2.05) is 6.08 Å². The minimum Gasteiger partial charge on any atom is -0.457 e. The summed E-state index contributed by atoms with van der Waals surface area (Å²) >= 11 is 0. The molecule has 0 bridgehead atoms. The summed E-state index contributed by atoms with van der Waals surface area (Å²) in [5, 5.41) is 9.59. The van der Waals surface area contributed by atoms with Crippen LogP contribution in [0.4, 0.5) is 0 Å². The number of aliphatic hydroxyl groups is 1. The molecule has 0 spiro atoms. The third-order valence-electron chi connectivity index (χ3n) is 8.30. The van der Waals surface area contributed by atoms with Crippen LogP contribution < -0.4 is 0 Å². The molecule has 0 heterocycles. The number of carbonyl (C=O) groups excluding carboxylic acids is 1. The smallest absolute Gasteiger partial charge is 0.306 e. The largest absolute Gasteiger partial charge is 0.457 e. The van der Waals surface area contributed by atoms with E-state index in [1.54, 1.807) is 0 Å². The van der Waals surface area contributed by atoms with Gasteiger partial charge in [0.2, 0.25) is 0 Å². The minimum absolute atomic E-state index is 0.213. The number of unbranched alkanes of at least 4 members (excludes halogenated alkanes) is 9. The number of allylic oxidation sites excluding steroid dienone is 20. The molecule has 0 saturated carbocycles. The highest BCUT2D eigenvalue weighted by molar-refractivity contribution is 5.69. The van der Waals surface area contributed by atoms with Gasteiger partial charge in [-0.1, -0.05) is 180 Å². The SMILES string of the molecule is CC/C=C\C/C=C\C/C=C\C/C=C\C/C=C\C/C=C\CCC(=O)OC(CO)COCCCCCCCCCCC/C=C\C/C=C\C/C=C\C/C=C\CC. The Morgan fingerprint density at radius 2 is 0.792 bits per heavy atom. The first-order valence-corrected chi connectivity index (χ1v) is 21.1. The number of hydrogen-bond donors (Lipinski definition) is 1. The van der Waals surface area contributed by atoms with Crippen molar-refractivity contribution in [1.82, 2.24) is 0 Å². The molecule has 0 radical (unpaired) electrons. The lowest BCUT2D eigenvalue weighted by molar-refractivity contribution is -0.154.